The maximum Gasteiger partial charge on any atom is 0.255 e. The first kappa shape index (κ1) is 12.8. The molecule has 102 valence electrons. The predicted octanol–water partition coefficient (Wildman–Crippen LogP) is 2.32. The first-order chi connectivity index (χ1) is 9.18. The summed E-state index contributed by atoms with van der Waals surface area (Å²) in [4.78, 5) is 14.6. The lowest BCUT2D eigenvalue weighted by Crippen LogP contribution is -2.51. The van der Waals surface area contributed by atoms with Gasteiger partial charge in [-0.25, -0.2) is 0 Å². The lowest BCUT2D eigenvalue weighted by atomic mass is 10.1. The van der Waals surface area contributed by atoms with Gasteiger partial charge in [-0.15, -0.1) is 0 Å². The predicted molar refractivity (Wildman–Crippen MR) is 74.3 cm³/mol. The Morgan fingerprint density at radius 2 is 2.26 bits per heavy atom. The highest BCUT2D eigenvalue weighted by molar-refractivity contribution is 6.36. The van der Waals surface area contributed by atoms with Gasteiger partial charge in [0.15, 0.2) is 0 Å². The average molecular weight is 281 g/mol. The fraction of sp³-hybridized carbons (Fsp3) is 0.500. The van der Waals surface area contributed by atoms with E-state index in [0.29, 0.717) is 29.4 Å². The average Bonchev–Trinajstić information content (AvgIpc) is 2.89. The number of hydrogen-bond donors (Lipinski definition) is 1. The van der Waals surface area contributed by atoms with E-state index in [1.807, 2.05) is 4.90 Å². The van der Waals surface area contributed by atoms with E-state index in [2.05, 4.69) is 0 Å². The van der Waals surface area contributed by atoms with Crippen LogP contribution in [0.25, 0.3) is 0 Å². The molecular formula is C14H17ClN2O2. The Morgan fingerprint density at radius 1 is 1.42 bits per heavy atom. The molecule has 0 bridgehead atoms. The van der Waals surface area contributed by atoms with Crippen molar-refractivity contribution < 1.29 is 9.53 Å². The number of carbonyl (C=O) groups excluding carboxylic acids is 1. The van der Waals surface area contributed by atoms with Gasteiger partial charge in [-0.2, -0.15) is 0 Å². The third-order valence-electron chi connectivity index (χ3n) is 4.00. The summed E-state index contributed by atoms with van der Waals surface area (Å²) >= 11 is 6.15. The first-order valence-electron chi connectivity index (χ1n) is 6.65. The van der Waals surface area contributed by atoms with E-state index in [1.54, 1.807) is 18.2 Å². The number of amides is 1. The second-order valence-electron chi connectivity index (χ2n) is 5.11. The van der Waals surface area contributed by atoms with Crippen LogP contribution in [0.3, 0.4) is 0 Å². The minimum Gasteiger partial charge on any atom is -0.398 e. The summed E-state index contributed by atoms with van der Waals surface area (Å²) < 4.78 is 5.72. The van der Waals surface area contributed by atoms with Gasteiger partial charge in [0.2, 0.25) is 0 Å². The molecule has 1 amide bonds. The molecule has 2 aliphatic rings. The number of halogens is 1. The van der Waals surface area contributed by atoms with Crippen molar-refractivity contribution in [2.45, 2.75) is 31.4 Å². The third kappa shape index (κ3) is 2.19. The minimum atomic E-state index is -0.0301. The summed E-state index contributed by atoms with van der Waals surface area (Å²) in [6.07, 6.45) is 3.36. The van der Waals surface area contributed by atoms with Crippen molar-refractivity contribution in [3.63, 3.8) is 0 Å². The number of carbonyl (C=O) groups is 1. The number of nitrogen functional groups attached to an aromatic ring is 1. The lowest BCUT2D eigenvalue weighted by Gasteiger charge is -2.37. The molecule has 2 fully saturated rings. The van der Waals surface area contributed by atoms with E-state index in [0.717, 1.165) is 19.3 Å². The second-order valence-corrected chi connectivity index (χ2v) is 5.49. The molecule has 0 aromatic heterocycles. The van der Waals surface area contributed by atoms with Crippen molar-refractivity contribution in [2.75, 3.05) is 18.9 Å². The molecule has 4 nitrogen and oxygen atoms in total. The molecule has 1 aliphatic carbocycles. The highest BCUT2D eigenvalue weighted by Crippen LogP contribution is 2.32. The van der Waals surface area contributed by atoms with Gasteiger partial charge in [0.05, 0.1) is 35.0 Å². The Bertz CT molecular complexity index is 506. The molecule has 5 heteroatoms. The van der Waals surface area contributed by atoms with Crippen molar-refractivity contribution in [2.24, 2.45) is 0 Å². The van der Waals surface area contributed by atoms with Gasteiger partial charge in [-0.1, -0.05) is 17.7 Å². The molecule has 0 radical (unpaired) electrons. The zero-order valence-electron chi connectivity index (χ0n) is 10.6. The first-order valence-corrected chi connectivity index (χ1v) is 7.03. The highest BCUT2D eigenvalue weighted by atomic mass is 35.5. The molecule has 1 saturated heterocycles. The summed E-state index contributed by atoms with van der Waals surface area (Å²) in [6.45, 7) is 1.23. The van der Waals surface area contributed by atoms with Gasteiger partial charge in [-0.05, 0) is 31.4 Å². The van der Waals surface area contributed by atoms with E-state index in [1.165, 1.54) is 0 Å². The van der Waals surface area contributed by atoms with E-state index in [4.69, 9.17) is 22.1 Å². The summed E-state index contributed by atoms with van der Waals surface area (Å²) in [6, 6.07) is 5.40. The topological polar surface area (TPSA) is 55.6 Å². The zero-order chi connectivity index (χ0) is 13.4. The van der Waals surface area contributed by atoms with Crippen molar-refractivity contribution in [3.05, 3.63) is 28.8 Å². The van der Waals surface area contributed by atoms with E-state index < -0.39 is 0 Å². The summed E-state index contributed by atoms with van der Waals surface area (Å²) in [5.74, 6) is -0.0301. The number of morpholine rings is 1. The number of ether oxygens (including phenoxy) is 1. The van der Waals surface area contributed by atoms with Gasteiger partial charge in [0, 0.05) is 6.54 Å². The van der Waals surface area contributed by atoms with Gasteiger partial charge in [-0.3, -0.25) is 4.79 Å². The molecule has 3 rings (SSSR count). The van der Waals surface area contributed by atoms with Crippen LogP contribution in [-0.4, -0.2) is 36.1 Å². The second kappa shape index (κ2) is 5.02. The van der Waals surface area contributed by atoms with Gasteiger partial charge in [0.25, 0.3) is 5.91 Å². The number of hydrogen-bond acceptors (Lipinski definition) is 3. The minimum absolute atomic E-state index is 0.0301. The number of rotatable bonds is 1. The number of anilines is 1. The van der Waals surface area contributed by atoms with Crippen LogP contribution in [0, 0.1) is 0 Å². The van der Waals surface area contributed by atoms with Crippen LogP contribution in [0.5, 0.6) is 0 Å². The molecule has 0 spiro atoms. The fourth-order valence-corrected chi connectivity index (χ4v) is 3.25. The Labute approximate surface area is 117 Å². The smallest absolute Gasteiger partial charge is 0.255 e. The maximum absolute atomic E-state index is 12.6. The Morgan fingerprint density at radius 3 is 3.11 bits per heavy atom. The Balaban J connectivity index is 1.88. The number of fused-ring (bicyclic) bond motifs is 1. The molecule has 1 heterocycles. The van der Waals surface area contributed by atoms with E-state index in [-0.39, 0.29) is 18.1 Å². The van der Waals surface area contributed by atoms with Crippen LogP contribution in [0.2, 0.25) is 5.02 Å². The summed E-state index contributed by atoms with van der Waals surface area (Å²) in [5, 5.41) is 0.355. The van der Waals surface area contributed by atoms with Crippen molar-refractivity contribution in [3.8, 4) is 0 Å². The van der Waals surface area contributed by atoms with Gasteiger partial charge < -0.3 is 15.4 Å². The zero-order valence-corrected chi connectivity index (χ0v) is 11.4. The standard InChI is InChI=1S/C14H17ClN2O2/c15-13-9(3-1-4-10(13)16)14(18)17-7-8-19-12-6-2-5-11(12)17/h1,3-4,11-12H,2,5-8,16H2. The van der Waals surface area contributed by atoms with Crippen LogP contribution in [-0.2, 0) is 4.74 Å². The fourth-order valence-electron chi connectivity index (χ4n) is 3.05. The molecule has 19 heavy (non-hydrogen) atoms. The van der Waals surface area contributed by atoms with Gasteiger partial charge >= 0.3 is 0 Å². The Hall–Kier alpha value is -1.26. The van der Waals surface area contributed by atoms with Crippen molar-refractivity contribution in [1.82, 2.24) is 4.90 Å². The summed E-state index contributed by atoms with van der Waals surface area (Å²) in [5.41, 5.74) is 6.71. The molecule has 2 N–H and O–H groups in total. The van der Waals surface area contributed by atoms with Crippen LogP contribution in [0.4, 0.5) is 5.69 Å². The van der Waals surface area contributed by atoms with Crippen molar-refractivity contribution >= 4 is 23.2 Å². The number of benzene rings is 1. The van der Waals surface area contributed by atoms with E-state index in [9.17, 15) is 4.79 Å². The van der Waals surface area contributed by atoms with E-state index >= 15 is 0 Å². The van der Waals surface area contributed by atoms with Crippen LogP contribution in [0.1, 0.15) is 29.6 Å². The quantitative estimate of drug-likeness (QED) is 0.803. The summed E-state index contributed by atoms with van der Waals surface area (Å²) in [7, 11) is 0. The number of nitrogens with two attached hydrogens (primary N) is 1. The molecule has 1 saturated carbocycles. The Kier molecular flexibility index (Phi) is 3.37. The third-order valence-corrected chi connectivity index (χ3v) is 4.42. The van der Waals surface area contributed by atoms with Crippen LogP contribution < -0.4 is 5.73 Å². The van der Waals surface area contributed by atoms with Crippen LogP contribution in [0.15, 0.2) is 18.2 Å². The molecule has 1 aromatic rings. The molecule has 1 aliphatic heterocycles. The van der Waals surface area contributed by atoms with Gasteiger partial charge in [0.1, 0.15) is 0 Å². The van der Waals surface area contributed by atoms with Crippen molar-refractivity contribution in [1.29, 1.82) is 0 Å². The largest absolute Gasteiger partial charge is 0.398 e. The highest BCUT2D eigenvalue weighted by Gasteiger charge is 2.39. The monoisotopic (exact) mass is 280 g/mol. The molecule has 1 aromatic carbocycles. The molecule has 2 unspecified atom stereocenters. The maximum atomic E-state index is 12.6. The normalized spacial score (nSPS) is 26.3. The number of nitrogens with zero attached hydrogens (tertiary/aromatic N) is 1. The SMILES string of the molecule is Nc1cccc(C(=O)N2CCOC3CCCC32)c1Cl. The van der Waals surface area contributed by atoms with Crippen LogP contribution >= 0.6 is 11.6 Å². The molecule has 2 atom stereocenters. The lowest BCUT2D eigenvalue weighted by molar-refractivity contribution is -0.0445. The molecular weight excluding hydrogens is 264 g/mol.